The van der Waals surface area contributed by atoms with Gasteiger partial charge in [-0.1, -0.05) is 35.0 Å². The highest BCUT2D eigenvalue weighted by molar-refractivity contribution is 5.97. The molecule has 0 fully saturated rings. The van der Waals surface area contributed by atoms with Crippen molar-refractivity contribution in [3.8, 4) is 0 Å². The molecule has 1 aliphatic rings. The summed E-state index contributed by atoms with van der Waals surface area (Å²) in [4.78, 5) is 4.46. The van der Waals surface area contributed by atoms with E-state index in [0.717, 1.165) is 18.6 Å². The fourth-order valence-corrected chi connectivity index (χ4v) is 0.986. The summed E-state index contributed by atoms with van der Waals surface area (Å²) >= 11 is 0. The second-order valence-electron chi connectivity index (χ2n) is 2.46. The molecule has 12 heavy (non-hydrogen) atoms. The third-order valence-corrected chi connectivity index (χ3v) is 1.69. The van der Waals surface area contributed by atoms with Gasteiger partial charge in [0.05, 0.1) is 5.71 Å². The minimum atomic E-state index is 0.815. The van der Waals surface area contributed by atoms with Crippen LogP contribution in [-0.2, 0) is 4.94 Å². The number of hydrogen-bond donors (Lipinski definition) is 0. The van der Waals surface area contributed by atoms with Crippen molar-refractivity contribution in [1.82, 2.24) is 0 Å². The van der Waals surface area contributed by atoms with E-state index in [1.807, 2.05) is 12.2 Å². The average Bonchev–Trinajstić information content (AvgIpc) is 2.15. The average molecular weight is 164 g/mol. The minimum Gasteiger partial charge on any atom is -0.245 e. The quantitative estimate of drug-likeness (QED) is 0.465. The first kappa shape index (κ1) is 8.71. The monoisotopic (exact) mass is 164 g/mol. The van der Waals surface area contributed by atoms with Crippen LogP contribution in [0.4, 0.5) is 0 Å². The molecular weight excluding hydrogens is 152 g/mol. The number of hydrogen-bond acceptors (Lipinski definition) is 3. The summed E-state index contributed by atoms with van der Waals surface area (Å²) in [5.41, 5.74) is 2.21. The van der Waals surface area contributed by atoms with Gasteiger partial charge in [-0.25, -0.2) is 4.94 Å². The molecule has 0 atom stereocenters. The van der Waals surface area contributed by atoms with Crippen molar-refractivity contribution in [2.45, 2.75) is 19.8 Å². The maximum atomic E-state index is 4.46. The molecule has 0 heterocycles. The molecule has 0 amide bonds. The number of allylic oxidation sites excluding steroid dienone is 4. The van der Waals surface area contributed by atoms with E-state index in [2.05, 4.69) is 35.0 Å². The van der Waals surface area contributed by atoms with E-state index in [4.69, 9.17) is 0 Å². The fourth-order valence-electron chi connectivity index (χ4n) is 0.986. The van der Waals surface area contributed by atoms with Gasteiger partial charge in [-0.3, -0.25) is 0 Å². The van der Waals surface area contributed by atoms with Crippen molar-refractivity contribution >= 4 is 12.4 Å². The predicted octanol–water partition coefficient (Wildman–Crippen LogP) is 2.27. The first-order valence-electron chi connectivity index (χ1n) is 3.93. The molecule has 0 aromatic heterocycles. The SMILES string of the molecule is C=NO/N=C1/C=CC(CC)=CC1. The third-order valence-electron chi connectivity index (χ3n) is 1.69. The molecule has 0 aromatic carbocycles. The van der Waals surface area contributed by atoms with Crippen molar-refractivity contribution in [1.29, 1.82) is 0 Å². The van der Waals surface area contributed by atoms with Gasteiger partial charge in [-0.05, 0) is 12.5 Å². The zero-order chi connectivity index (χ0) is 8.81. The lowest BCUT2D eigenvalue weighted by Gasteiger charge is -2.04. The van der Waals surface area contributed by atoms with Crippen LogP contribution >= 0.6 is 0 Å². The maximum Gasteiger partial charge on any atom is 0.0868 e. The van der Waals surface area contributed by atoms with Crippen molar-refractivity contribution in [2.75, 3.05) is 0 Å². The lowest BCUT2D eigenvalue weighted by Crippen LogP contribution is -1.97. The standard InChI is InChI=1S/C9H12N2O/c1-3-8-4-6-9(7-5-8)11-12-10-2/h4-6H,2-3,7H2,1H3/b11-9-. The number of nitrogens with zero attached hydrogens (tertiary/aromatic N) is 2. The molecule has 0 saturated heterocycles. The molecule has 3 heteroatoms. The van der Waals surface area contributed by atoms with Gasteiger partial charge < -0.3 is 0 Å². The van der Waals surface area contributed by atoms with Crippen LogP contribution in [0.5, 0.6) is 0 Å². The highest BCUT2D eigenvalue weighted by Crippen LogP contribution is 2.11. The topological polar surface area (TPSA) is 34.0 Å². The molecule has 1 rings (SSSR count). The summed E-state index contributed by atoms with van der Waals surface area (Å²) in [5.74, 6) is 0. The molecule has 64 valence electrons. The van der Waals surface area contributed by atoms with Gasteiger partial charge in [0.15, 0.2) is 0 Å². The summed E-state index contributed by atoms with van der Waals surface area (Å²) in [6.45, 7) is 5.28. The Morgan fingerprint density at radius 1 is 1.58 bits per heavy atom. The van der Waals surface area contributed by atoms with Gasteiger partial charge in [0, 0.05) is 13.1 Å². The Bertz CT molecular complexity index is 251. The van der Waals surface area contributed by atoms with E-state index < -0.39 is 0 Å². The Morgan fingerprint density at radius 2 is 2.42 bits per heavy atom. The van der Waals surface area contributed by atoms with Gasteiger partial charge >= 0.3 is 0 Å². The highest BCUT2D eigenvalue weighted by atomic mass is 16.8. The molecule has 0 N–H and O–H groups in total. The molecule has 0 spiro atoms. The van der Waals surface area contributed by atoms with E-state index in [0.29, 0.717) is 0 Å². The number of rotatable bonds is 3. The molecule has 0 aliphatic heterocycles. The van der Waals surface area contributed by atoms with E-state index in [-0.39, 0.29) is 0 Å². The number of oxime groups is 2. The van der Waals surface area contributed by atoms with Crippen molar-refractivity contribution in [3.63, 3.8) is 0 Å². The Balaban J connectivity index is 2.53. The van der Waals surface area contributed by atoms with Crippen molar-refractivity contribution in [2.24, 2.45) is 10.3 Å². The second kappa shape index (κ2) is 4.49. The van der Waals surface area contributed by atoms with E-state index in [1.54, 1.807) is 0 Å². The molecule has 3 nitrogen and oxygen atoms in total. The van der Waals surface area contributed by atoms with E-state index in [1.165, 1.54) is 5.57 Å². The van der Waals surface area contributed by atoms with Crippen molar-refractivity contribution in [3.05, 3.63) is 23.8 Å². The first-order valence-corrected chi connectivity index (χ1v) is 3.93. The second-order valence-corrected chi connectivity index (χ2v) is 2.46. The summed E-state index contributed by atoms with van der Waals surface area (Å²) in [5, 5.41) is 6.90. The highest BCUT2D eigenvalue weighted by Gasteiger charge is 2.00. The zero-order valence-corrected chi connectivity index (χ0v) is 7.16. The van der Waals surface area contributed by atoms with Gasteiger partial charge in [0.25, 0.3) is 0 Å². The van der Waals surface area contributed by atoms with Crippen molar-refractivity contribution < 1.29 is 4.94 Å². The van der Waals surface area contributed by atoms with E-state index >= 15 is 0 Å². The van der Waals surface area contributed by atoms with Gasteiger partial charge in [-0.15, -0.1) is 0 Å². The van der Waals surface area contributed by atoms with Crippen LogP contribution in [0.1, 0.15) is 19.8 Å². The summed E-state index contributed by atoms with van der Waals surface area (Å²) in [6.07, 6.45) is 7.98. The molecular formula is C9H12N2O. The molecule has 1 aliphatic carbocycles. The van der Waals surface area contributed by atoms with Gasteiger partial charge in [-0.2, -0.15) is 0 Å². The predicted molar refractivity (Wildman–Crippen MR) is 50.2 cm³/mol. The largest absolute Gasteiger partial charge is 0.245 e. The maximum absolute atomic E-state index is 4.46. The molecule has 0 aromatic rings. The van der Waals surface area contributed by atoms with E-state index in [9.17, 15) is 0 Å². The van der Waals surface area contributed by atoms with Crippen LogP contribution < -0.4 is 0 Å². The fraction of sp³-hybridized carbons (Fsp3) is 0.333. The summed E-state index contributed by atoms with van der Waals surface area (Å²) in [6, 6.07) is 0. The zero-order valence-electron chi connectivity index (χ0n) is 7.16. The first-order chi connectivity index (χ1) is 5.86. The molecule has 0 saturated carbocycles. The van der Waals surface area contributed by atoms with Crippen LogP contribution in [0.3, 0.4) is 0 Å². The normalized spacial score (nSPS) is 19.1. The van der Waals surface area contributed by atoms with Crippen LogP contribution in [0.15, 0.2) is 34.1 Å². The lowest BCUT2D eigenvalue weighted by molar-refractivity contribution is 0.158. The Morgan fingerprint density at radius 3 is 2.92 bits per heavy atom. The van der Waals surface area contributed by atoms with Crippen LogP contribution in [0.25, 0.3) is 0 Å². The van der Waals surface area contributed by atoms with Crippen LogP contribution in [0.2, 0.25) is 0 Å². The molecule has 0 unspecified atom stereocenters. The Hall–Kier alpha value is -1.38. The Kier molecular flexibility index (Phi) is 3.26. The van der Waals surface area contributed by atoms with Gasteiger partial charge in [0.1, 0.15) is 0 Å². The third kappa shape index (κ3) is 2.34. The minimum absolute atomic E-state index is 0.815. The van der Waals surface area contributed by atoms with Crippen LogP contribution in [0, 0.1) is 0 Å². The Labute approximate surface area is 72.1 Å². The lowest BCUT2D eigenvalue weighted by atomic mass is 10.0. The smallest absolute Gasteiger partial charge is 0.0868 e. The van der Waals surface area contributed by atoms with Gasteiger partial charge in [0.2, 0.25) is 0 Å². The molecule has 0 bridgehead atoms. The summed E-state index contributed by atoms with van der Waals surface area (Å²) in [7, 11) is 0. The van der Waals surface area contributed by atoms with Crippen LogP contribution in [-0.4, -0.2) is 12.4 Å². The molecule has 0 radical (unpaired) electrons. The summed E-state index contributed by atoms with van der Waals surface area (Å²) < 4.78 is 0.